The number of nitrogens with zero attached hydrogens (tertiary/aromatic N) is 2. The van der Waals surface area contributed by atoms with Crippen LogP contribution in [-0.4, -0.2) is 39.5 Å². The summed E-state index contributed by atoms with van der Waals surface area (Å²) in [7, 11) is 0. The number of nitrogens with one attached hydrogen (secondary N) is 4. The molecule has 3 aromatic rings. The fourth-order valence-electron chi connectivity index (χ4n) is 4.21. The molecule has 4 N–H and O–H groups in total. The number of H-pyrrole nitrogens is 1. The predicted molar refractivity (Wildman–Crippen MR) is 103 cm³/mol. The lowest BCUT2D eigenvalue weighted by Crippen LogP contribution is -2.45. The third kappa shape index (κ3) is 3.14. The Kier molecular flexibility index (Phi) is 4.29. The fraction of sp³-hybridized carbons (Fsp3) is 0.350. The maximum absolute atomic E-state index is 13.2. The Morgan fingerprint density at radius 1 is 1.18 bits per heavy atom. The molecule has 2 fully saturated rings. The van der Waals surface area contributed by atoms with E-state index in [1.807, 2.05) is 0 Å². The summed E-state index contributed by atoms with van der Waals surface area (Å²) >= 11 is 0. The lowest BCUT2D eigenvalue weighted by molar-refractivity contribution is 0.0920. The van der Waals surface area contributed by atoms with Crippen LogP contribution in [0.25, 0.3) is 22.6 Å². The Morgan fingerprint density at radius 3 is 2.89 bits per heavy atom. The zero-order chi connectivity index (χ0) is 19.1. The molecule has 7 nitrogen and oxygen atoms in total. The maximum atomic E-state index is 13.2. The minimum Gasteiger partial charge on any atom is -0.349 e. The van der Waals surface area contributed by atoms with Gasteiger partial charge in [0, 0.05) is 30.4 Å². The summed E-state index contributed by atoms with van der Waals surface area (Å²) in [5.41, 5.74) is 8.83. The Balaban J connectivity index is 1.39. The minimum atomic E-state index is -0.306. The van der Waals surface area contributed by atoms with Gasteiger partial charge in [-0.2, -0.15) is 0 Å². The molecule has 0 bridgehead atoms. The number of hydrogen-bond acceptors (Lipinski definition) is 5. The van der Waals surface area contributed by atoms with Crippen LogP contribution in [0, 0.1) is 11.7 Å². The third-order valence-electron chi connectivity index (χ3n) is 5.73. The second-order valence-corrected chi connectivity index (χ2v) is 7.52. The standard InChI is InChI=1S/C20H21FN6O/c21-13-4-1-11(2-5-13)18-25-17-15(7-8-22-19(17)26-18)20(28)24-14-6-3-12-10-23-27-16(12)9-14/h1-2,4-5,7-8,12,14,16,23,27H,3,6,9-10H2,(H,24,28)(H,22,25,26). The number of imidazole rings is 1. The highest BCUT2D eigenvalue weighted by atomic mass is 19.1. The second kappa shape index (κ2) is 6.96. The smallest absolute Gasteiger partial charge is 0.253 e. The topological polar surface area (TPSA) is 94.7 Å². The number of hydrogen-bond donors (Lipinski definition) is 4. The van der Waals surface area contributed by atoms with Gasteiger partial charge >= 0.3 is 0 Å². The van der Waals surface area contributed by atoms with Crippen molar-refractivity contribution >= 4 is 17.1 Å². The first-order valence-corrected chi connectivity index (χ1v) is 9.57. The van der Waals surface area contributed by atoms with Gasteiger partial charge in [-0.1, -0.05) is 0 Å². The van der Waals surface area contributed by atoms with Crippen LogP contribution in [0.5, 0.6) is 0 Å². The molecule has 28 heavy (non-hydrogen) atoms. The lowest BCUT2D eigenvalue weighted by Gasteiger charge is -2.31. The van der Waals surface area contributed by atoms with E-state index in [0.29, 0.717) is 34.5 Å². The van der Waals surface area contributed by atoms with Crippen molar-refractivity contribution in [1.29, 1.82) is 0 Å². The van der Waals surface area contributed by atoms with Crippen molar-refractivity contribution in [2.24, 2.45) is 5.92 Å². The SMILES string of the molecule is O=C(NC1CCC2CNNC2C1)c1ccnc2nc(-c3ccc(F)cc3)[nH]c12. The van der Waals surface area contributed by atoms with Crippen molar-refractivity contribution in [3.05, 3.63) is 47.9 Å². The summed E-state index contributed by atoms with van der Waals surface area (Å²) in [5.74, 6) is 0.770. The van der Waals surface area contributed by atoms with Crippen LogP contribution in [-0.2, 0) is 0 Å². The van der Waals surface area contributed by atoms with Gasteiger partial charge in [-0.15, -0.1) is 0 Å². The molecule has 1 aromatic carbocycles. The molecule has 0 spiro atoms. The van der Waals surface area contributed by atoms with Gasteiger partial charge in [0.15, 0.2) is 5.65 Å². The molecule has 1 saturated carbocycles. The molecule has 5 rings (SSSR count). The first kappa shape index (κ1) is 17.3. The summed E-state index contributed by atoms with van der Waals surface area (Å²) < 4.78 is 13.2. The van der Waals surface area contributed by atoms with Gasteiger partial charge in [0.1, 0.15) is 11.6 Å². The van der Waals surface area contributed by atoms with Crippen LogP contribution in [0.4, 0.5) is 4.39 Å². The number of amides is 1. The Bertz CT molecular complexity index is 1020. The summed E-state index contributed by atoms with van der Waals surface area (Å²) in [4.78, 5) is 24.8. The van der Waals surface area contributed by atoms with E-state index in [4.69, 9.17) is 0 Å². The molecule has 0 radical (unpaired) electrons. The molecule has 3 unspecified atom stereocenters. The maximum Gasteiger partial charge on any atom is 0.253 e. The van der Waals surface area contributed by atoms with Crippen LogP contribution in [0.15, 0.2) is 36.5 Å². The van der Waals surface area contributed by atoms with Crippen LogP contribution in [0.2, 0.25) is 0 Å². The van der Waals surface area contributed by atoms with Crippen molar-refractivity contribution in [3.8, 4) is 11.4 Å². The van der Waals surface area contributed by atoms with E-state index in [0.717, 1.165) is 31.4 Å². The highest BCUT2D eigenvalue weighted by Crippen LogP contribution is 2.27. The number of rotatable bonds is 3. The largest absolute Gasteiger partial charge is 0.349 e. The summed E-state index contributed by atoms with van der Waals surface area (Å²) in [6, 6.07) is 8.31. The number of halogens is 1. The van der Waals surface area contributed by atoms with E-state index in [1.165, 1.54) is 12.1 Å². The van der Waals surface area contributed by atoms with Gasteiger partial charge in [0.25, 0.3) is 5.91 Å². The molecule has 2 aliphatic rings. The zero-order valence-electron chi connectivity index (χ0n) is 15.2. The summed E-state index contributed by atoms with van der Waals surface area (Å²) in [5, 5.41) is 3.16. The van der Waals surface area contributed by atoms with Crippen molar-refractivity contribution in [2.45, 2.75) is 31.3 Å². The molecule has 144 valence electrons. The van der Waals surface area contributed by atoms with Crippen LogP contribution in [0.3, 0.4) is 0 Å². The van der Waals surface area contributed by atoms with Crippen molar-refractivity contribution in [2.75, 3.05) is 6.54 Å². The van der Waals surface area contributed by atoms with Gasteiger partial charge in [-0.25, -0.2) is 14.4 Å². The Hall–Kier alpha value is -2.84. The van der Waals surface area contributed by atoms with Gasteiger partial charge in [0.2, 0.25) is 0 Å². The van der Waals surface area contributed by atoms with E-state index >= 15 is 0 Å². The number of carbonyl (C=O) groups is 1. The van der Waals surface area contributed by atoms with E-state index in [1.54, 1.807) is 24.4 Å². The summed E-state index contributed by atoms with van der Waals surface area (Å²) in [6.07, 6.45) is 4.59. The third-order valence-corrected chi connectivity index (χ3v) is 5.73. The van der Waals surface area contributed by atoms with Crippen molar-refractivity contribution in [3.63, 3.8) is 0 Å². The highest BCUT2D eigenvalue weighted by molar-refractivity contribution is 6.04. The quantitative estimate of drug-likeness (QED) is 0.559. The molecular weight excluding hydrogens is 359 g/mol. The zero-order valence-corrected chi connectivity index (χ0v) is 15.2. The number of benzene rings is 1. The average molecular weight is 380 g/mol. The van der Waals surface area contributed by atoms with Crippen molar-refractivity contribution in [1.82, 2.24) is 31.1 Å². The Labute approximate surface area is 161 Å². The number of hydrazine groups is 1. The molecule has 1 saturated heterocycles. The van der Waals surface area contributed by atoms with E-state index in [-0.39, 0.29) is 17.8 Å². The number of aromatic amines is 1. The van der Waals surface area contributed by atoms with Crippen LogP contribution < -0.4 is 16.2 Å². The molecule has 3 atom stereocenters. The van der Waals surface area contributed by atoms with E-state index in [2.05, 4.69) is 31.1 Å². The fourth-order valence-corrected chi connectivity index (χ4v) is 4.21. The van der Waals surface area contributed by atoms with Gasteiger partial charge in [-0.3, -0.25) is 15.6 Å². The van der Waals surface area contributed by atoms with E-state index < -0.39 is 0 Å². The highest BCUT2D eigenvalue weighted by Gasteiger charge is 2.34. The second-order valence-electron chi connectivity index (χ2n) is 7.52. The normalized spacial score (nSPS) is 24.2. The van der Waals surface area contributed by atoms with E-state index in [9.17, 15) is 9.18 Å². The molecule has 8 heteroatoms. The predicted octanol–water partition coefficient (Wildman–Crippen LogP) is 2.14. The molecule has 1 aliphatic carbocycles. The average Bonchev–Trinajstić information content (AvgIpc) is 3.34. The molecule has 1 amide bonds. The monoisotopic (exact) mass is 380 g/mol. The first-order chi connectivity index (χ1) is 13.7. The molecule has 3 heterocycles. The van der Waals surface area contributed by atoms with Gasteiger partial charge in [-0.05, 0) is 55.5 Å². The Morgan fingerprint density at radius 2 is 2.04 bits per heavy atom. The minimum absolute atomic E-state index is 0.129. The number of carbonyl (C=O) groups excluding carboxylic acids is 1. The first-order valence-electron chi connectivity index (χ1n) is 9.57. The summed E-state index contributed by atoms with van der Waals surface area (Å²) in [6.45, 7) is 0.997. The van der Waals surface area contributed by atoms with Crippen molar-refractivity contribution < 1.29 is 9.18 Å². The van der Waals surface area contributed by atoms with Gasteiger partial charge < -0.3 is 10.3 Å². The van der Waals surface area contributed by atoms with Crippen LogP contribution in [0.1, 0.15) is 29.6 Å². The van der Waals surface area contributed by atoms with Gasteiger partial charge in [0.05, 0.1) is 11.1 Å². The number of aromatic nitrogens is 3. The number of fused-ring (bicyclic) bond motifs is 2. The molecular formula is C20H21FN6O. The molecule has 2 aromatic heterocycles. The number of pyridine rings is 1. The van der Waals surface area contributed by atoms with Crippen LogP contribution >= 0.6 is 0 Å². The lowest BCUT2D eigenvalue weighted by atomic mass is 9.83. The molecule has 1 aliphatic heterocycles.